The van der Waals surface area contributed by atoms with Crippen LogP contribution in [-0.2, 0) is 11.8 Å². The molecule has 0 spiro atoms. The fourth-order valence-electron chi connectivity index (χ4n) is 1.22. The molecule has 0 bridgehead atoms. The monoisotopic (exact) mass is 238 g/mol. The SMILES string of the molecule is Cn1cc(-c2nc(C(N)C(=O)O)cs2)cn1. The van der Waals surface area contributed by atoms with Crippen LogP contribution in [0.25, 0.3) is 10.6 Å². The largest absolute Gasteiger partial charge is 0.480 e. The summed E-state index contributed by atoms with van der Waals surface area (Å²) in [7, 11) is 1.81. The predicted molar refractivity (Wildman–Crippen MR) is 58.9 cm³/mol. The van der Waals surface area contributed by atoms with Crippen LogP contribution in [0.5, 0.6) is 0 Å². The van der Waals surface area contributed by atoms with Crippen molar-refractivity contribution in [1.29, 1.82) is 0 Å². The Hall–Kier alpha value is -1.73. The molecule has 0 radical (unpaired) electrons. The number of aliphatic carboxylic acids is 1. The minimum absolute atomic E-state index is 0.372. The number of thiazole rings is 1. The van der Waals surface area contributed by atoms with Crippen LogP contribution in [0.2, 0.25) is 0 Å². The van der Waals surface area contributed by atoms with Crippen LogP contribution in [-0.4, -0.2) is 25.8 Å². The Morgan fingerprint density at radius 1 is 1.69 bits per heavy atom. The fraction of sp³-hybridized carbons (Fsp3) is 0.222. The van der Waals surface area contributed by atoms with Gasteiger partial charge in [0, 0.05) is 24.2 Å². The second kappa shape index (κ2) is 4.03. The lowest BCUT2D eigenvalue weighted by Gasteiger charge is -2.00. The van der Waals surface area contributed by atoms with Crippen molar-refractivity contribution < 1.29 is 9.90 Å². The predicted octanol–water partition coefficient (Wildman–Crippen LogP) is 0.628. The average Bonchev–Trinajstić information content (AvgIpc) is 2.84. The van der Waals surface area contributed by atoms with Crippen molar-refractivity contribution in [3.05, 3.63) is 23.5 Å². The number of nitrogens with zero attached hydrogens (tertiary/aromatic N) is 3. The maximum atomic E-state index is 10.7. The van der Waals surface area contributed by atoms with Crippen LogP contribution >= 0.6 is 11.3 Å². The van der Waals surface area contributed by atoms with Crippen LogP contribution in [0.4, 0.5) is 0 Å². The molecule has 7 heteroatoms. The van der Waals surface area contributed by atoms with Crippen LogP contribution in [0.3, 0.4) is 0 Å². The highest BCUT2D eigenvalue weighted by Crippen LogP contribution is 2.25. The first kappa shape index (κ1) is 10.8. The summed E-state index contributed by atoms with van der Waals surface area (Å²) < 4.78 is 1.66. The summed E-state index contributed by atoms with van der Waals surface area (Å²) in [6, 6.07) is -1.07. The summed E-state index contributed by atoms with van der Waals surface area (Å²) in [5.74, 6) is -1.08. The van der Waals surface area contributed by atoms with Crippen LogP contribution in [0.15, 0.2) is 17.8 Å². The molecule has 0 aliphatic rings. The van der Waals surface area contributed by atoms with E-state index in [-0.39, 0.29) is 0 Å². The molecule has 2 rings (SSSR count). The third-order valence-corrected chi connectivity index (χ3v) is 2.97. The van der Waals surface area contributed by atoms with E-state index >= 15 is 0 Å². The summed E-state index contributed by atoms with van der Waals surface area (Å²) >= 11 is 1.35. The molecular weight excluding hydrogens is 228 g/mol. The summed E-state index contributed by atoms with van der Waals surface area (Å²) in [5, 5.41) is 15.1. The van der Waals surface area contributed by atoms with Gasteiger partial charge in [0.15, 0.2) is 0 Å². The Balaban J connectivity index is 2.29. The van der Waals surface area contributed by atoms with Gasteiger partial charge in [-0.05, 0) is 0 Å². The van der Waals surface area contributed by atoms with E-state index in [1.165, 1.54) is 11.3 Å². The van der Waals surface area contributed by atoms with Gasteiger partial charge < -0.3 is 10.8 Å². The highest BCUT2D eigenvalue weighted by atomic mass is 32.1. The van der Waals surface area contributed by atoms with Crippen molar-refractivity contribution >= 4 is 17.3 Å². The van der Waals surface area contributed by atoms with Crippen molar-refractivity contribution in [2.24, 2.45) is 12.8 Å². The molecule has 2 aromatic heterocycles. The quantitative estimate of drug-likeness (QED) is 0.817. The minimum atomic E-state index is -1.08. The molecule has 1 unspecified atom stereocenters. The highest BCUT2D eigenvalue weighted by molar-refractivity contribution is 7.13. The zero-order chi connectivity index (χ0) is 11.7. The molecule has 84 valence electrons. The number of aromatic nitrogens is 3. The third kappa shape index (κ3) is 1.95. The zero-order valence-electron chi connectivity index (χ0n) is 8.49. The minimum Gasteiger partial charge on any atom is -0.480 e. The molecule has 16 heavy (non-hydrogen) atoms. The first-order valence-corrected chi connectivity index (χ1v) is 5.38. The number of nitrogens with two attached hydrogens (primary N) is 1. The topological polar surface area (TPSA) is 94.0 Å². The molecular formula is C9H10N4O2S. The van der Waals surface area contributed by atoms with Gasteiger partial charge in [0.05, 0.1) is 11.9 Å². The van der Waals surface area contributed by atoms with E-state index in [1.54, 1.807) is 23.3 Å². The number of carbonyl (C=O) groups is 1. The van der Waals surface area contributed by atoms with Crippen molar-refractivity contribution in [1.82, 2.24) is 14.8 Å². The van der Waals surface area contributed by atoms with E-state index in [9.17, 15) is 4.79 Å². The molecule has 2 heterocycles. The standard InChI is InChI=1S/C9H10N4O2S/c1-13-3-5(2-11-13)8-12-6(4-16-8)7(10)9(14)15/h2-4,7H,10H2,1H3,(H,14,15). The summed E-state index contributed by atoms with van der Waals surface area (Å²) in [4.78, 5) is 14.8. The first-order chi connectivity index (χ1) is 7.58. The normalized spacial score (nSPS) is 12.6. The molecule has 2 aromatic rings. The maximum Gasteiger partial charge on any atom is 0.326 e. The zero-order valence-corrected chi connectivity index (χ0v) is 9.31. The smallest absolute Gasteiger partial charge is 0.326 e. The number of hydrogen-bond donors (Lipinski definition) is 2. The van der Waals surface area contributed by atoms with Crippen LogP contribution in [0.1, 0.15) is 11.7 Å². The second-order valence-electron chi connectivity index (χ2n) is 3.30. The van der Waals surface area contributed by atoms with Gasteiger partial charge in [-0.2, -0.15) is 5.10 Å². The Bertz CT molecular complexity index is 519. The lowest BCUT2D eigenvalue weighted by molar-refractivity contribution is -0.138. The molecule has 1 atom stereocenters. The molecule has 0 aromatic carbocycles. The van der Waals surface area contributed by atoms with Gasteiger partial charge in [-0.1, -0.05) is 0 Å². The average molecular weight is 238 g/mol. The number of aryl methyl sites for hydroxylation is 1. The summed E-state index contributed by atoms with van der Waals surface area (Å²) in [5.41, 5.74) is 6.69. The summed E-state index contributed by atoms with van der Waals surface area (Å²) in [6.07, 6.45) is 3.49. The molecule has 3 N–H and O–H groups in total. The third-order valence-electron chi connectivity index (χ3n) is 2.06. The van der Waals surface area contributed by atoms with E-state index in [0.717, 1.165) is 10.6 Å². The van der Waals surface area contributed by atoms with Crippen molar-refractivity contribution in [2.45, 2.75) is 6.04 Å². The van der Waals surface area contributed by atoms with Gasteiger partial charge in [-0.25, -0.2) is 4.98 Å². The van der Waals surface area contributed by atoms with E-state index in [2.05, 4.69) is 10.1 Å². The first-order valence-electron chi connectivity index (χ1n) is 4.51. The van der Waals surface area contributed by atoms with Crippen molar-refractivity contribution in [2.75, 3.05) is 0 Å². The fourth-order valence-corrected chi connectivity index (χ4v) is 2.05. The van der Waals surface area contributed by atoms with Gasteiger partial charge in [0.2, 0.25) is 0 Å². The highest BCUT2D eigenvalue weighted by Gasteiger charge is 2.18. The van der Waals surface area contributed by atoms with Crippen LogP contribution < -0.4 is 5.73 Å². The number of carboxylic acid groups (broad SMARTS) is 1. The maximum absolute atomic E-state index is 10.7. The molecule has 0 aliphatic heterocycles. The molecule has 0 saturated heterocycles. The Morgan fingerprint density at radius 2 is 2.44 bits per heavy atom. The van der Waals surface area contributed by atoms with Gasteiger partial charge in [0.1, 0.15) is 11.0 Å². The van der Waals surface area contributed by atoms with Gasteiger partial charge in [-0.3, -0.25) is 9.48 Å². The number of rotatable bonds is 3. The van der Waals surface area contributed by atoms with E-state index in [0.29, 0.717) is 5.69 Å². The van der Waals surface area contributed by atoms with Gasteiger partial charge in [-0.15, -0.1) is 11.3 Å². The number of carboxylic acids is 1. The van der Waals surface area contributed by atoms with E-state index in [4.69, 9.17) is 10.8 Å². The molecule has 0 amide bonds. The Morgan fingerprint density at radius 3 is 3.00 bits per heavy atom. The van der Waals surface area contributed by atoms with Crippen molar-refractivity contribution in [3.8, 4) is 10.6 Å². The lowest BCUT2D eigenvalue weighted by atomic mass is 10.2. The molecule has 6 nitrogen and oxygen atoms in total. The summed E-state index contributed by atoms with van der Waals surface area (Å²) in [6.45, 7) is 0. The molecule has 0 fully saturated rings. The lowest BCUT2D eigenvalue weighted by Crippen LogP contribution is -2.20. The van der Waals surface area contributed by atoms with Gasteiger partial charge in [0.25, 0.3) is 0 Å². The molecule has 0 aliphatic carbocycles. The van der Waals surface area contributed by atoms with Crippen LogP contribution in [0, 0.1) is 0 Å². The second-order valence-corrected chi connectivity index (χ2v) is 4.15. The van der Waals surface area contributed by atoms with Crippen molar-refractivity contribution in [3.63, 3.8) is 0 Å². The Kier molecular flexibility index (Phi) is 2.71. The number of hydrogen-bond acceptors (Lipinski definition) is 5. The van der Waals surface area contributed by atoms with E-state index < -0.39 is 12.0 Å². The van der Waals surface area contributed by atoms with E-state index in [1.807, 2.05) is 6.20 Å². The van der Waals surface area contributed by atoms with Gasteiger partial charge >= 0.3 is 5.97 Å². The molecule has 0 saturated carbocycles. The Labute approximate surface area is 95.3 Å².